The standard InChI is InChI=1S/C10H8ClIO/c11-9-5-6(12)4-8-7(9)2-1-3-10(8)13/h4-5H,1-3H2. The van der Waals surface area contributed by atoms with Crippen LogP contribution in [-0.2, 0) is 6.42 Å². The number of rotatable bonds is 0. The van der Waals surface area contributed by atoms with Crippen LogP contribution in [0.2, 0.25) is 5.02 Å². The van der Waals surface area contributed by atoms with E-state index in [2.05, 4.69) is 22.6 Å². The summed E-state index contributed by atoms with van der Waals surface area (Å²) in [6, 6.07) is 3.85. The molecule has 3 heteroatoms. The zero-order valence-corrected chi connectivity index (χ0v) is 9.85. The van der Waals surface area contributed by atoms with E-state index in [1.54, 1.807) is 0 Å². The number of fused-ring (bicyclic) bond motifs is 1. The first kappa shape index (κ1) is 9.46. The van der Waals surface area contributed by atoms with Crippen LogP contribution in [0.5, 0.6) is 0 Å². The number of ketones is 1. The van der Waals surface area contributed by atoms with Gasteiger partial charge < -0.3 is 0 Å². The van der Waals surface area contributed by atoms with Crippen molar-refractivity contribution in [1.29, 1.82) is 0 Å². The number of carbonyl (C=O) groups excluding carboxylic acids is 1. The lowest BCUT2D eigenvalue weighted by atomic mass is 9.91. The van der Waals surface area contributed by atoms with Crippen molar-refractivity contribution in [3.63, 3.8) is 0 Å². The summed E-state index contributed by atoms with van der Waals surface area (Å²) < 4.78 is 1.04. The molecule has 0 unspecified atom stereocenters. The predicted octanol–water partition coefficient (Wildman–Crippen LogP) is 3.46. The van der Waals surface area contributed by atoms with Crippen LogP contribution in [-0.4, -0.2) is 5.78 Å². The largest absolute Gasteiger partial charge is 0.294 e. The van der Waals surface area contributed by atoms with Gasteiger partial charge >= 0.3 is 0 Å². The molecule has 0 saturated heterocycles. The molecule has 1 aromatic carbocycles. The molecular formula is C10H8ClIO. The van der Waals surface area contributed by atoms with Gasteiger partial charge in [-0.05, 0) is 53.1 Å². The summed E-state index contributed by atoms with van der Waals surface area (Å²) in [5.74, 6) is 0.238. The van der Waals surface area contributed by atoms with Gasteiger partial charge in [-0.25, -0.2) is 0 Å². The Bertz CT molecular complexity index is 373. The molecule has 0 N–H and O–H groups in total. The van der Waals surface area contributed by atoms with Crippen LogP contribution < -0.4 is 0 Å². The zero-order chi connectivity index (χ0) is 9.42. The van der Waals surface area contributed by atoms with Crippen molar-refractivity contribution in [1.82, 2.24) is 0 Å². The highest BCUT2D eigenvalue weighted by Crippen LogP contribution is 2.29. The molecule has 0 atom stereocenters. The molecule has 13 heavy (non-hydrogen) atoms. The van der Waals surface area contributed by atoms with Crippen molar-refractivity contribution >= 4 is 40.0 Å². The summed E-state index contributed by atoms with van der Waals surface area (Å²) in [6.45, 7) is 0. The van der Waals surface area contributed by atoms with E-state index in [4.69, 9.17) is 11.6 Å². The van der Waals surface area contributed by atoms with Gasteiger partial charge in [0.1, 0.15) is 0 Å². The van der Waals surface area contributed by atoms with Gasteiger partial charge in [0.15, 0.2) is 5.78 Å². The maximum absolute atomic E-state index is 11.5. The van der Waals surface area contributed by atoms with Crippen LogP contribution in [0.1, 0.15) is 28.8 Å². The molecule has 0 aromatic heterocycles. The van der Waals surface area contributed by atoms with E-state index in [-0.39, 0.29) is 5.78 Å². The quantitative estimate of drug-likeness (QED) is 0.671. The minimum atomic E-state index is 0.238. The Morgan fingerprint density at radius 3 is 2.85 bits per heavy atom. The molecule has 0 fully saturated rings. The fraction of sp³-hybridized carbons (Fsp3) is 0.300. The fourth-order valence-corrected chi connectivity index (χ4v) is 2.79. The van der Waals surface area contributed by atoms with E-state index in [9.17, 15) is 4.79 Å². The number of carbonyl (C=O) groups is 1. The molecule has 0 bridgehead atoms. The molecule has 0 amide bonds. The number of hydrogen-bond acceptors (Lipinski definition) is 1. The molecule has 1 aliphatic rings. The molecule has 0 saturated carbocycles. The first-order valence-corrected chi connectivity index (χ1v) is 5.65. The Hall–Kier alpha value is -0.0900. The van der Waals surface area contributed by atoms with E-state index in [0.29, 0.717) is 6.42 Å². The summed E-state index contributed by atoms with van der Waals surface area (Å²) in [4.78, 5) is 11.5. The second kappa shape index (κ2) is 3.58. The first-order chi connectivity index (χ1) is 6.18. The SMILES string of the molecule is O=C1CCCc2c(Cl)cc(I)cc21. The predicted molar refractivity (Wildman–Crippen MR) is 61.4 cm³/mol. The lowest BCUT2D eigenvalue weighted by Gasteiger charge is -2.16. The summed E-state index contributed by atoms with van der Waals surface area (Å²) in [6.07, 6.45) is 2.55. The maximum atomic E-state index is 11.5. The van der Waals surface area contributed by atoms with Gasteiger partial charge in [-0.3, -0.25) is 4.79 Å². The van der Waals surface area contributed by atoms with Crippen molar-refractivity contribution < 1.29 is 4.79 Å². The maximum Gasteiger partial charge on any atom is 0.163 e. The monoisotopic (exact) mass is 306 g/mol. The van der Waals surface area contributed by atoms with E-state index in [0.717, 1.165) is 32.6 Å². The molecule has 68 valence electrons. The number of Topliss-reactive ketones (excluding diaryl/α,β-unsaturated/α-hetero) is 1. The number of hydrogen-bond donors (Lipinski definition) is 0. The smallest absolute Gasteiger partial charge is 0.163 e. The zero-order valence-electron chi connectivity index (χ0n) is 6.94. The minimum Gasteiger partial charge on any atom is -0.294 e. The summed E-state index contributed by atoms with van der Waals surface area (Å²) in [5, 5.41) is 0.745. The molecular weight excluding hydrogens is 298 g/mol. The van der Waals surface area contributed by atoms with Gasteiger partial charge in [-0.15, -0.1) is 0 Å². The Morgan fingerprint density at radius 2 is 2.08 bits per heavy atom. The highest BCUT2D eigenvalue weighted by molar-refractivity contribution is 14.1. The lowest BCUT2D eigenvalue weighted by Crippen LogP contribution is -2.11. The topological polar surface area (TPSA) is 17.1 Å². The average molecular weight is 307 g/mol. The Balaban J connectivity index is 2.63. The van der Waals surface area contributed by atoms with Gasteiger partial charge in [-0.1, -0.05) is 11.6 Å². The second-order valence-corrected chi connectivity index (χ2v) is 4.84. The molecule has 0 radical (unpaired) electrons. The van der Waals surface area contributed by atoms with Crippen molar-refractivity contribution in [2.75, 3.05) is 0 Å². The van der Waals surface area contributed by atoms with Crippen molar-refractivity contribution in [3.8, 4) is 0 Å². The minimum absolute atomic E-state index is 0.238. The molecule has 2 rings (SSSR count). The molecule has 1 aliphatic carbocycles. The van der Waals surface area contributed by atoms with Gasteiger partial charge in [0.25, 0.3) is 0 Å². The molecule has 1 nitrogen and oxygen atoms in total. The van der Waals surface area contributed by atoms with Gasteiger partial charge in [-0.2, -0.15) is 0 Å². The molecule has 0 heterocycles. The van der Waals surface area contributed by atoms with Gasteiger partial charge in [0.05, 0.1) is 0 Å². The molecule has 0 spiro atoms. The third kappa shape index (κ3) is 1.74. The van der Waals surface area contributed by atoms with E-state index < -0.39 is 0 Å². The van der Waals surface area contributed by atoms with Crippen molar-refractivity contribution in [2.45, 2.75) is 19.3 Å². The number of benzene rings is 1. The van der Waals surface area contributed by atoms with Crippen LogP contribution in [0.15, 0.2) is 12.1 Å². The van der Waals surface area contributed by atoms with Gasteiger partial charge in [0, 0.05) is 20.6 Å². The Morgan fingerprint density at radius 1 is 1.31 bits per heavy atom. The summed E-state index contributed by atoms with van der Waals surface area (Å²) >= 11 is 8.24. The van der Waals surface area contributed by atoms with E-state index >= 15 is 0 Å². The third-order valence-electron chi connectivity index (χ3n) is 2.29. The first-order valence-electron chi connectivity index (χ1n) is 4.19. The van der Waals surface area contributed by atoms with Crippen LogP contribution >= 0.6 is 34.2 Å². The van der Waals surface area contributed by atoms with Gasteiger partial charge in [0.2, 0.25) is 0 Å². The van der Waals surface area contributed by atoms with Crippen molar-refractivity contribution in [3.05, 3.63) is 31.9 Å². The second-order valence-electron chi connectivity index (χ2n) is 3.19. The van der Waals surface area contributed by atoms with E-state index in [1.807, 2.05) is 12.1 Å². The average Bonchev–Trinajstić information content (AvgIpc) is 2.07. The lowest BCUT2D eigenvalue weighted by molar-refractivity contribution is 0.0972. The number of halogens is 2. The van der Waals surface area contributed by atoms with Crippen LogP contribution in [0.25, 0.3) is 0 Å². The van der Waals surface area contributed by atoms with Crippen LogP contribution in [0, 0.1) is 3.57 Å². The third-order valence-corrected chi connectivity index (χ3v) is 3.25. The summed E-state index contributed by atoms with van der Waals surface area (Å²) in [5.41, 5.74) is 1.88. The summed E-state index contributed by atoms with van der Waals surface area (Å²) in [7, 11) is 0. The Labute approximate surface area is 95.6 Å². The van der Waals surface area contributed by atoms with Crippen molar-refractivity contribution in [2.24, 2.45) is 0 Å². The van der Waals surface area contributed by atoms with Crippen LogP contribution in [0.4, 0.5) is 0 Å². The highest BCUT2D eigenvalue weighted by Gasteiger charge is 2.19. The normalized spacial score (nSPS) is 15.7. The van der Waals surface area contributed by atoms with E-state index in [1.165, 1.54) is 0 Å². The highest BCUT2D eigenvalue weighted by atomic mass is 127. The fourth-order valence-electron chi connectivity index (χ4n) is 1.67. The Kier molecular flexibility index (Phi) is 2.60. The molecule has 0 aliphatic heterocycles. The molecule has 1 aromatic rings. The van der Waals surface area contributed by atoms with Crippen LogP contribution in [0.3, 0.4) is 0 Å².